The smallest absolute Gasteiger partial charge is 0.129 e. The molecule has 0 radical (unpaired) electrons. The molecule has 1 fully saturated rings. The highest BCUT2D eigenvalue weighted by Crippen LogP contribution is 2.19. The van der Waals surface area contributed by atoms with Gasteiger partial charge in [0.25, 0.3) is 0 Å². The second-order valence-electron chi connectivity index (χ2n) is 5.47. The van der Waals surface area contributed by atoms with Crippen LogP contribution >= 0.6 is 11.6 Å². The first-order chi connectivity index (χ1) is 8.63. The van der Waals surface area contributed by atoms with Crippen LogP contribution in [0.25, 0.3) is 0 Å². The molecule has 0 amide bonds. The molecule has 1 aliphatic rings. The van der Waals surface area contributed by atoms with Gasteiger partial charge in [-0.2, -0.15) is 0 Å². The Hall–Kier alpha value is -0.640. The molecule has 1 aromatic heterocycles. The molecule has 1 saturated heterocycles. The van der Waals surface area contributed by atoms with Crippen molar-refractivity contribution in [2.75, 3.05) is 33.7 Å². The van der Waals surface area contributed by atoms with Gasteiger partial charge >= 0.3 is 0 Å². The van der Waals surface area contributed by atoms with Crippen LogP contribution in [0.15, 0.2) is 18.3 Å². The van der Waals surface area contributed by atoms with Crippen molar-refractivity contribution in [3.63, 3.8) is 0 Å². The van der Waals surface area contributed by atoms with E-state index in [2.05, 4.69) is 34.9 Å². The fraction of sp³-hybridized carbons (Fsp3) is 0.643. The lowest BCUT2D eigenvalue weighted by Crippen LogP contribution is -2.36. The summed E-state index contributed by atoms with van der Waals surface area (Å²) in [6.45, 7) is 4.61. The molecule has 3 nitrogen and oxygen atoms in total. The van der Waals surface area contributed by atoms with Crippen molar-refractivity contribution in [2.45, 2.75) is 19.4 Å². The van der Waals surface area contributed by atoms with Gasteiger partial charge in [0.2, 0.25) is 0 Å². The van der Waals surface area contributed by atoms with Crippen molar-refractivity contribution < 1.29 is 0 Å². The summed E-state index contributed by atoms with van der Waals surface area (Å²) >= 11 is 5.79. The van der Waals surface area contributed by atoms with E-state index in [1.54, 1.807) is 0 Å². The number of aromatic nitrogens is 1. The summed E-state index contributed by atoms with van der Waals surface area (Å²) in [4.78, 5) is 8.94. The van der Waals surface area contributed by atoms with Crippen molar-refractivity contribution in [2.24, 2.45) is 5.92 Å². The van der Waals surface area contributed by atoms with Crippen molar-refractivity contribution in [3.05, 3.63) is 29.0 Å². The number of halogens is 1. The Morgan fingerprint density at radius 3 is 2.61 bits per heavy atom. The number of piperidine rings is 1. The average molecular weight is 268 g/mol. The van der Waals surface area contributed by atoms with Crippen LogP contribution in [0.5, 0.6) is 0 Å². The lowest BCUT2D eigenvalue weighted by Gasteiger charge is -2.33. The molecule has 100 valence electrons. The lowest BCUT2D eigenvalue weighted by molar-refractivity contribution is 0.157. The second-order valence-corrected chi connectivity index (χ2v) is 5.86. The number of hydrogen-bond donors (Lipinski definition) is 0. The van der Waals surface area contributed by atoms with Crippen LogP contribution in [0.1, 0.15) is 18.4 Å². The van der Waals surface area contributed by atoms with Gasteiger partial charge < -0.3 is 4.90 Å². The monoisotopic (exact) mass is 267 g/mol. The minimum Gasteiger partial charge on any atom is -0.309 e. The van der Waals surface area contributed by atoms with E-state index >= 15 is 0 Å². The number of hydrogen-bond acceptors (Lipinski definition) is 3. The molecule has 2 rings (SSSR count). The molecule has 0 saturated carbocycles. The summed E-state index contributed by atoms with van der Waals surface area (Å²) in [6.07, 6.45) is 4.49. The lowest BCUT2D eigenvalue weighted by atomic mass is 9.96. The van der Waals surface area contributed by atoms with Gasteiger partial charge in [0.15, 0.2) is 0 Å². The van der Waals surface area contributed by atoms with Gasteiger partial charge in [0.1, 0.15) is 5.15 Å². The topological polar surface area (TPSA) is 19.4 Å². The zero-order chi connectivity index (χ0) is 13.0. The first kappa shape index (κ1) is 13.8. The fourth-order valence-corrected chi connectivity index (χ4v) is 2.71. The summed E-state index contributed by atoms with van der Waals surface area (Å²) in [5, 5.41) is 0.573. The predicted octanol–water partition coefficient (Wildman–Crippen LogP) is 2.51. The number of nitrogens with zero attached hydrogens (tertiary/aromatic N) is 3. The first-order valence-electron chi connectivity index (χ1n) is 6.61. The molecule has 0 aromatic carbocycles. The third kappa shape index (κ3) is 4.23. The number of likely N-dealkylation sites (tertiary alicyclic amines) is 1. The van der Waals surface area contributed by atoms with Crippen molar-refractivity contribution in [3.8, 4) is 0 Å². The van der Waals surface area contributed by atoms with Gasteiger partial charge in [-0.3, -0.25) is 4.90 Å². The Labute approximate surface area is 115 Å². The first-order valence-corrected chi connectivity index (χ1v) is 6.99. The largest absolute Gasteiger partial charge is 0.309 e. The molecule has 0 aliphatic carbocycles. The molecule has 0 bridgehead atoms. The molecule has 4 heteroatoms. The maximum atomic E-state index is 5.79. The van der Waals surface area contributed by atoms with Gasteiger partial charge in [-0.05, 0) is 57.6 Å². The Balaban J connectivity index is 1.78. The van der Waals surface area contributed by atoms with E-state index in [0.29, 0.717) is 5.15 Å². The number of rotatable bonds is 4. The van der Waals surface area contributed by atoms with E-state index in [0.717, 1.165) is 12.5 Å². The maximum Gasteiger partial charge on any atom is 0.129 e. The Bertz CT molecular complexity index is 356. The summed E-state index contributed by atoms with van der Waals surface area (Å²) in [7, 11) is 4.32. The van der Waals surface area contributed by atoms with E-state index in [1.807, 2.05) is 12.3 Å². The third-order valence-corrected chi connectivity index (χ3v) is 3.75. The molecule has 0 atom stereocenters. The van der Waals surface area contributed by atoms with Crippen molar-refractivity contribution in [1.82, 2.24) is 14.8 Å². The van der Waals surface area contributed by atoms with E-state index < -0.39 is 0 Å². The minimum absolute atomic E-state index is 0.573. The second kappa shape index (κ2) is 6.50. The zero-order valence-corrected chi connectivity index (χ0v) is 12.0. The van der Waals surface area contributed by atoms with Crippen LogP contribution in [0.3, 0.4) is 0 Å². The van der Waals surface area contributed by atoms with Gasteiger partial charge in [-0.1, -0.05) is 17.7 Å². The Morgan fingerprint density at radius 1 is 1.33 bits per heavy atom. The Kier molecular flexibility index (Phi) is 4.98. The van der Waals surface area contributed by atoms with Gasteiger partial charge in [0.05, 0.1) is 0 Å². The molecule has 1 aromatic rings. The van der Waals surface area contributed by atoms with E-state index in [1.165, 1.54) is 38.0 Å². The normalized spacial score (nSPS) is 18.4. The highest BCUT2D eigenvalue weighted by Gasteiger charge is 2.19. The standard InChI is InChI=1S/C14H22ClN3/c1-17(2)10-12-5-7-18(8-6-12)11-13-3-4-14(15)16-9-13/h3-4,9,12H,5-8,10-11H2,1-2H3. The van der Waals surface area contributed by atoms with Crippen molar-refractivity contribution >= 4 is 11.6 Å². The van der Waals surface area contributed by atoms with Gasteiger partial charge in [0, 0.05) is 19.3 Å². The zero-order valence-electron chi connectivity index (χ0n) is 11.3. The SMILES string of the molecule is CN(C)CC1CCN(Cc2ccc(Cl)nc2)CC1. The highest BCUT2D eigenvalue weighted by molar-refractivity contribution is 6.29. The van der Waals surface area contributed by atoms with Crippen molar-refractivity contribution in [1.29, 1.82) is 0 Å². The van der Waals surface area contributed by atoms with Crippen LogP contribution in [-0.4, -0.2) is 48.5 Å². The molecule has 18 heavy (non-hydrogen) atoms. The maximum absolute atomic E-state index is 5.79. The van der Waals surface area contributed by atoms with Crippen LogP contribution in [0, 0.1) is 5.92 Å². The molecule has 0 N–H and O–H groups in total. The summed E-state index contributed by atoms with van der Waals surface area (Å²) in [5.41, 5.74) is 1.26. The number of pyridine rings is 1. The van der Waals surface area contributed by atoms with E-state index in [-0.39, 0.29) is 0 Å². The third-order valence-electron chi connectivity index (χ3n) is 3.53. The molecule has 2 heterocycles. The minimum atomic E-state index is 0.573. The van der Waals surface area contributed by atoms with Gasteiger partial charge in [-0.15, -0.1) is 0 Å². The summed E-state index contributed by atoms with van der Waals surface area (Å²) in [5.74, 6) is 0.861. The molecular formula is C14H22ClN3. The van der Waals surface area contributed by atoms with E-state index in [9.17, 15) is 0 Å². The van der Waals surface area contributed by atoms with Crippen LogP contribution < -0.4 is 0 Å². The average Bonchev–Trinajstić information content (AvgIpc) is 2.34. The Morgan fingerprint density at radius 2 is 2.06 bits per heavy atom. The van der Waals surface area contributed by atoms with Crippen LogP contribution in [0.4, 0.5) is 0 Å². The summed E-state index contributed by atoms with van der Waals surface area (Å²) in [6, 6.07) is 3.94. The molecule has 0 spiro atoms. The highest BCUT2D eigenvalue weighted by atomic mass is 35.5. The molecule has 0 unspecified atom stereocenters. The van der Waals surface area contributed by atoms with Crippen LogP contribution in [-0.2, 0) is 6.54 Å². The predicted molar refractivity (Wildman–Crippen MR) is 75.8 cm³/mol. The molecule has 1 aliphatic heterocycles. The summed E-state index contributed by atoms with van der Waals surface area (Å²) < 4.78 is 0. The fourth-order valence-electron chi connectivity index (χ4n) is 2.60. The van der Waals surface area contributed by atoms with Gasteiger partial charge in [-0.25, -0.2) is 4.98 Å². The van der Waals surface area contributed by atoms with E-state index in [4.69, 9.17) is 11.6 Å². The quantitative estimate of drug-likeness (QED) is 0.782. The van der Waals surface area contributed by atoms with Crippen LogP contribution in [0.2, 0.25) is 5.15 Å². The molecular weight excluding hydrogens is 246 g/mol.